The molecular weight excluding hydrogens is 184 g/mol. The lowest BCUT2D eigenvalue weighted by molar-refractivity contribution is 0.107. The van der Waals surface area contributed by atoms with Crippen LogP contribution in [0.4, 0.5) is 0 Å². The van der Waals surface area contributed by atoms with Crippen LogP contribution in [0.15, 0.2) is 11.6 Å². The monoisotopic (exact) mass is 200 g/mol. The maximum atomic E-state index is 9.89. The first-order valence-corrected chi connectivity index (χ1v) is 5.40. The Hall–Kier alpha value is -0.450. The Morgan fingerprint density at radius 3 is 2.92 bits per heavy atom. The SMILES string of the molecule is CCCC(CN)C(O)c1cnsc1. The molecule has 0 saturated heterocycles. The smallest absolute Gasteiger partial charge is 0.0853 e. The van der Waals surface area contributed by atoms with Crippen LogP contribution in [0.3, 0.4) is 0 Å². The molecule has 2 unspecified atom stereocenters. The predicted molar refractivity (Wildman–Crippen MR) is 54.5 cm³/mol. The Bertz CT molecular complexity index is 226. The van der Waals surface area contributed by atoms with E-state index in [1.807, 2.05) is 5.38 Å². The number of nitrogens with zero attached hydrogens (tertiary/aromatic N) is 1. The normalized spacial score (nSPS) is 15.6. The number of nitrogens with two attached hydrogens (primary N) is 1. The third-order valence-electron chi connectivity index (χ3n) is 2.20. The highest BCUT2D eigenvalue weighted by molar-refractivity contribution is 7.03. The molecular formula is C9H16N2OS. The van der Waals surface area contributed by atoms with Gasteiger partial charge in [0.05, 0.1) is 6.10 Å². The van der Waals surface area contributed by atoms with Crippen LogP contribution < -0.4 is 5.73 Å². The largest absolute Gasteiger partial charge is 0.388 e. The minimum Gasteiger partial charge on any atom is -0.388 e. The molecule has 0 bridgehead atoms. The first-order chi connectivity index (χ1) is 6.29. The van der Waals surface area contributed by atoms with Gasteiger partial charge in [-0.25, -0.2) is 4.37 Å². The van der Waals surface area contributed by atoms with Crippen molar-refractivity contribution in [2.75, 3.05) is 6.54 Å². The summed E-state index contributed by atoms with van der Waals surface area (Å²) in [7, 11) is 0. The molecule has 74 valence electrons. The van der Waals surface area contributed by atoms with Crippen LogP contribution in [0.25, 0.3) is 0 Å². The van der Waals surface area contributed by atoms with Gasteiger partial charge in [-0.3, -0.25) is 0 Å². The highest BCUT2D eigenvalue weighted by Gasteiger charge is 2.19. The minimum absolute atomic E-state index is 0.168. The van der Waals surface area contributed by atoms with Gasteiger partial charge in [-0.1, -0.05) is 13.3 Å². The van der Waals surface area contributed by atoms with E-state index in [1.54, 1.807) is 6.20 Å². The fourth-order valence-electron chi connectivity index (χ4n) is 1.41. The van der Waals surface area contributed by atoms with Crippen molar-refractivity contribution in [3.63, 3.8) is 0 Å². The molecule has 0 radical (unpaired) electrons. The van der Waals surface area contributed by atoms with E-state index in [0.717, 1.165) is 18.4 Å². The summed E-state index contributed by atoms with van der Waals surface area (Å²) < 4.78 is 3.96. The molecule has 3 nitrogen and oxygen atoms in total. The van der Waals surface area contributed by atoms with Crippen molar-refractivity contribution >= 4 is 11.5 Å². The van der Waals surface area contributed by atoms with Crippen LogP contribution in [0.1, 0.15) is 31.4 Å². The lowest BCUT2D eigenvalue weighted by Gasteiger charge is -2.19. The van der Waals surface area contributed by atoms with Gasteiger partial charge in [-0.05, 0) is 24.5 Å². The van der Waals surface area contributed by atoms with E-state index < -0.39 is 6.10 Å². The summed E-state index contributed by atoms with van der Waals surface area (Å²) >= 11 is 1.36. The molecule has 13 heavy (non-hydrogen) atoms. The summed E-state index contributed by atoms with van der Waals surface area (Å²) in [5, 5.41) is 11.8. The zero-order valence-corrected chi connectivity index (χ0v) is 8.63. The van der Waals surface area contributed by atoms with E-state index in [1.165, 1.54) is 11.5 Å². The molecule has 1 aromatic rings. The fourth-order valence-corrected chi connectivity index (χ4v) is 1.97. The highest BCUT2D eigenvalue weighted by Crippen LogP contribution is 2.25. The lowest BCUT2D eigenvalue weighted by Crippen LogP contribution is -2.21. The van der Waals surface area contributed by atoms with Crippen molar-refractivity contribution in [1.82, 2.24) is 4.37 Å². The number of aromatic nitrogens is 1. The summed E-state index contributed by atoms with van der Waals surface area (Å²) in [5.74, 6) is 0.168. The van der Waals surface area contributed by atoms with Crippen LogP contribution in [0, 0.1) is 5.92 Å². The predicted octanol–water partition coefficient (Wildman–Crippen LogP) is 1.55. The molecule has 0 amide bonds. The van der Waals surface area contributed by atoms with Crippen LogP contribution >= 0.6 is 11.5 Å². The summed E-state index contributed by atoms with van der Waals surface area (Å²) in [6.45, 7) is 2.63. The van der Waals surface area contributed by atoms with Gasteiger partial charge in [0.1, 0.15) is 0 Å². The van der Waals surface area contributed by atoms with Gasteiger partial charge in [0.25, 0.3) is 0 Å². The van der Waals surface area contributed by atoms with Crippen molar-refractivity contribution in [1.29, 1.82) is 0 Å². The van der Waals surface area contributed by atoms with E-state index in [2.05, 4.69) is 11.3 Å². The van der Waals surface area contributed by atoms with Gasteiger partial charge < -0.3 is 10.8 Å². The van der Waals surface area contributed by atoms with Crippen LogP contribution in [0.2, 0.25) is 0 Å². The van der Waals surface area contributed by atoms with Gasteiger partial charge in [0.15, 0.2) is 0 Å². The molecule has 0 aliphatic carbocycles. The van der Waals surface area contributed by atoms with Gasteiger partial charge in [-0.15, -0.1) is 0 Å². The van der Waals surface area contributed by atoms with Crippen molar-refractivity contribution in [3.05, 3.63) is 17.1 Å². The van der Waals surface area contributed by atoms with E-state index in [-0.39, 0.29) is 5.92 Å². The van der Waals surface area contributed by atoms with Gasteiger partial charge in [0.2, 0.25) is 0 Å². The molecule has 4 heteroatoms. The van der Waals surface area contributed by atoms with Gasteiger partial charge >= 0.3 is 0 Å². The fraction of sp³-hybridized carbons (Fsp3) is 0.667. The maximum absolute atomic E-state index is 9.89. The average Bonchev–Trinajstić information content (AvgIpc) is 2.65. The molecule has 3 N–H and O–H groups in total. The second-order valence-electron chi connectivity index (χ2n) is 3.19. The second-order valence-corrected chi connectivity index (χ2v) is 3.84. The van der Waals surface area contributed by atoms with Crippen LogP contribution in [0.5, 0.6) is 0 Å². The topological polar surface area (TPSA) is 59.1 Å². The third kappa shape index (κ3) is 2.76. The molecule has 0 aliphatic heterocycles. The molecule has 0 saturated carbocycles. The number of hydrogen-bond donors (Lipinski definition) is 2. The van der Waals surface area contributed by atoms with E-state index in [9.17, 15) is 5.11 Å². The molecule has 0 aliphatic rings. The standard InChI is InChI=1S/C9H16N2OS/c1-2-3-7(4-10)9(12)8-5-11-13-6-8/h5-7,9,12H,2-4,10H2,1H3. The average molecular weight is 200 g/mol. The first-order valence-electron chi connectivity index (χ1n) is 4.57. The highest BCUT2D eigenvalue weighted by atomic mass is 32.1. The number of aliphatic hydroxyl groups is 1. The van der Waals surface area contributed by atoms with Gasteiger partial charge in [0, 0.05) is 23.1 Å². The summed E-state index contributed by atoms with van der Waals surface area (Å²) in [6.07, 6.45) is 3.29. The molecule has 0 aromatic carbocycles. The van der Waals surface area contributed by atoms with Crippen LogP contribution in [-0.4, -0.2) is 16.0 Å². The Kier molecular flexibility index (Phi) is 4.35. The zero-order chi connectivity index (χ0) is 9.68. The molecule has 1 aromatic heterocycles. The minimum atomic E-state index is -0.441. The zero-order valence-electron chi connectivity index (χ0n) is 7.81. The lowest BCUT2D eigenvalue weighted by atomic mass is 9.94. The molecule has 0 spiro atoms. The van der Waals surface area contributed by atoms with Crippen molar-refractivity contribution in [3.8, 4) is 0 Å². The Morgan fingerprint density at radius 1 is 1.69 bits per heavy atom. The molecule has 0 fully saturated rings. The summed E-state index contributed by atoms with van der Waals surface area (Å²) in [5.41, 5.74) is 6.49. The first kappa shape index (κ1) is 10.6. The molecule has 1 rings (SSSR count). The Labute approximate surface area is 82.8 Å². The Balaban J connectivity index is 2.58. The van der Waals surface area contributed by atoms with E-state index in [4.69, 9.17) is 5.73 Å². The molecule has 2 atom stereocenters. The number of aliphatic hydroxyl groups excluding tert-OH is 1. The van der Waals surface area contributed by atoms with Crippen molar-refractivity contribution < 1.29 is 5.11 Å². The third-order valence-corrected chi connectivity index (χ3v) is 2.81. The van der Waals surface area contributed by atoms with Gasteiger partial charge in [-0.2, -0.15) is 0 Å². The molecule has 1 heterocycles. The number of rotatable bonds is 5. The van der Waals surface area contributed by atoms with E-state index in [0.29, 0.717) is 6.54 Å². The van der Waals surface area contributed by atoms with Crippen LogP contribution in [-0.2, 0) is 0 Å². The Morgan fingerprint density at radius 2 is 2.46 bits per heavy atom. The van der Waals surface area contributed by atoms with Crippen molar-refractivity contribution in [2.24, 2.45) is 11.7 Å². The number of hydrogen-bond acceptors (Lipinski definition) is 4. The van der Waals surface area contributed by atoms with Crippen molar-refractivity contribution in [2.45, 2.75) is 25.9 Å². The maximum Gasteiger partial charge on any atom is 0.0853 e. The summed E-state index contributed by atoms with van der Waals surface area (Å²) in [4.78, 5) is 0. The van der Waals surface area contributed by atoms with E-state index >= 15 is 0 Å². The quantitative estimate of drug-likeness (QED) is 0.758. The second kappa shape index (κ2) is 5.32. The summed E-state index contributed by atoms with van der Waals surface area (Å²) in [6, 6.07) is 0.